The third kappa shape index (κ3) is 4.93. The van der Waals surface area contributed by atoms with Gasteiger partial charge in [-0.1, -0.05) is 6.07 Å². The van der Waals surface area contributed by atoms with Crippen molar-refractivity contribution in [2.75, 3.05) is 31.2 Å². The first kappa shape index (κ1) is 21.4. The van der Waals surface area contributed by atoms with E-state index in [4.69, 9.17) is 5.11 Å². The molecule has 0 saturated heterocycles. The minimum atomic E-state index is -3.87. The maximum atomic E-state index is 12.8. The van der Waals surface area contributed by atoms with Crippen LogP contribution in [0.2, 0.25) is 0 Å². The van der Waals surface area contributed by atoms with Crippen molar-refractivity contribution >= 4 is 31.7 Å². The molecule has 1 N–H and O–H groups in total. The molecule has 0 radical (unpaired) electrons. The van der Waals surface area contributed by atoms with Crippen molar-refractivity contribution in [1.29, 1.82) is 0 Å². The van der Waals surface area contributed by atoms with Crippen LogP contribution in [0.25, 0.3) is 0 Å². The van der Waals surface area contributed by atoms with E-state index in [-0.39, 0.29) is 24.3 Å². The lowest BCUT2D eigenvalue weighted by Gasteiger charge is -2.25. The lowest BCUT2D eigenvalue weighted by molar-refractivity contribution is -0.137. The Hall–Kier alpha value is -1.65. The molecule has 0 amide bonds. The van der Waals surface area contributed by atoms with Gasteiger partial charge < -0.3 is 5.11 Å². The molecule has 0 spiro atoms. The Kier molecular flexibility index (Phi) is 6.60. The predicted octanol–water partition coefficient (Wildman–Crippen LogP) is 1.18. The van der Waals surface area contributed by atoms with Crippen molar-refractivity contribution in [2.45, 2.75) is 31.6 Å². The zero-order chi connectivity index (χ0) is 19.6. The van der Waals surface area contributed by atoms with Gasteiger partial charge in [0, 0.05) is 27.1 Å². The normalized spacial score (nSPS) is 12.4. The molecule has 142 valence electrons. The Morgan fingerprint density at radius 2 is 1.68 bits per heavy atom. The van der Waals surface area contributed by atoms with Gasteiger partial charge in [-0.3, -0.25) is 9.10 Å². The fourth-order valence-corrected chi connectivity index (χ4v) is 4.53. The quantitative estimate of drug-likeness (QED) is 0.711. The van der Waals surface area contributed by atoms with Crippen LogP contribution in [0.4, 0.5) is 5.69 Å². The number of hydrogen-bond donors (Lipinski definition) is 1. The second kappa shape index (κ2) is 7.71. The molecule has 0 atom stereocenters. The Bertz CT molecular complexity index is 862. The number of benzene rings is 1. The van der Waals surface area contributed by atoms with Gasteiger partial charge in [-0.25, -0.2) is 21.1 Å². The molecule has 1 aromatic rings. The number of rotatable bonds is 8. The van der Waals surface area contributed by atoms with Gasteiger partial charge in [0.2, 0.25) is 20.0 Å². The highest BCUT2D eigenvalue weighted by molar-refractivity contribution is 7.92. The van der Waals surface area contributed by atoms with Crippen LogP contribution >= 0.6 is 0 Å². The van der Waals surface area contributed by atoms with Crippen LogP contribution in [0.15, 0.2) is 17.0 Å². The standard InChI is InChI=1S/C15H24N2O6S2/c1-11-8-9-13(12(2)15(11)17(4)24(5,20)21)25(22,23)16(3)10-6-7-14(18)19/h8-9H,6-7,10H2,1-5H3,(H,18,19). The Balaban J connectivity index is 3.32. The highest BCUT2D eigenvalue weighted by Gasteiger charge is 2.27. The minimum absolute atomic E-state index is 0.00132. The number of carbonyl (C=O) groups is 1. The molecule has 0 unspecified atom stereocenters. The summed E-state index contributed by atoms with van der Waals surface area (Å²) >= 11 is 0. The molecular weight excluding hydrogens is 368 g/mol. The van der Waals surface area contributed by atoms with Gasteiger partial charge in [0.15, 0.2) is 0 Å². The average molecular weight is 392 g/mol. The summed E-state index contributed by atoms with van der Waals surface area (Å²) in [6.45, 7) is 3.32. The van der Waals surface area contributed by atoms with Crippen LogP contribution in [0, 0.1) is 13.8 Å². The molecule has 25 heavy (non-hydrogen) atoms. The fourth-order valence-electron chi connectivity index (χ4n) is 2.49. The molecule has 1 rings (SSSR count). The third-order valence-corrected chi connectivity index (χ3v) is 7.13. The highest BCUT2D eigenvalue weighted by atomic mass is 32.2. The molecular formula is C15H24N2O6S2. The molecule has 8 nitrogen and oxygen atoms in total. The summed E-state index contributed by atoms with van der Waals surface area (Å²) in [5.41, 5.74) is 1.29. The van der Waals surface area contributed by atoms with Crippen LogP contribution in [0.1, 0.15) is 24.0 Å². The Labute approximate surface area is 149 Å². The number of aryl methyl sites for hydroxylation is 1. The van der Waals surface area contributed by atoms with Gasteiger partial charge in [-0.05, 0) is 37.5 Å². The van der Waals surface area contributed by atoms with E-state index < -0.39 is 26.0 Å². The second-order valence-corrected chi connectivity index (χ2v) is 9.94. The number of nitrogens with zero attached hydrogens (tertiary/aromatic N) is 2. The van der Waals surface area contributed by atoms with Crippen LogP contribution < -0.4 is 4.31 Å². The maximum absolute atomic E-state index is 12.8. The van der Waals surface area contributed by atoms with Crippen LogP contribution in [0.5, 0.6) is 0 Å². The number of anilines is 1. The monoisotopic (exact) mass is 392 g/mol. The van der Waals surface area contributed by atoms with E-state index in [2.05, 4.69) is 0 Å². The van der Waals surface area contributed by atoms with Gasteiger partial charge in [0.1, 0.15) is 0 Å². The van der Waals surface area contributed by atoms with E-state index in [1.54, 1.807) is 19.9 Å². The van der Waals surface area contributed by atoms with Crippen molar-refractivity contribution in [1.82, 2.24) is 4.31 Å². The van der Waals surface area contributed by atoms with E-state index in [0.29, 0.717) is 16.8 Å². The summed E-state index contributed by atoms with van der Waals surface area (Å²) < 4.78 is 51.4. The van der Waals surface area contributed by atoms with Gasteiger partial charge in [0.05, 0.1) is 16.8 Å². The van der Waals surface area contributed by atoms with Gasteiger partial charge in [-0.15, -0.1) is 0 Å². The maximum Gasteiger partial charge on any atom is 0.303 e. The molecule has 0 saturated carbocycles. The van der Waals surface area contributed by atoms with E-state index in [1.165, 1.54) is 20.2 Å². The molecule has 0 fully saturated rings. The molecule has 0 heterocycles. The lowest BCUT2D eigenvalue weighted by Crippen LogP contribution is -2.30. The molecule has 0 aliphatic heterocycles. The number of carboxylic acids is 1. The molecule has 0 aliphatic carbocycles. The molecule has 0 bridgehead atoms. The summed E-state index contributed by atoms with van der Waals surface area (Å²) in [6, 6.07) is 3.00. The first-order valence-corrected chi connectivity index (χ1v) is 10.8. The molecule has 0 aliphatic rings. The Morgan fingerprint density at radius 1 is 1.12 bits per heavy atom. The number of sulfonamides is 2. The van der Waals surface area contributed by atoms with Crippen LogP contribution in [0.3, 0.4) is 0 Å². The third-order valence-electron chi connectivity index (χ3n) is 3.95. The van der Waals surface area contributed by atoms with Gasteiger partial charge in [0.25, 0.3) is 0 Å². The van der Waals surface area contributed by atoms with Crippen LogP contribution in [-0.4, -0.2) is 59.1 Å². The lowest BCUT2D eigenvalue weighted by atomic mass is 10.1. The zero-order valence-corrected chi connectivity index (χ0v) is 16.6. The number of aliphatic carboxylic acids is 1. The van der Waals surface area contributed by atoms with Crippen molar-refractivity contribution in [3.05, 3.63) is 23.3 Å². The topological polar surface area (TPSA) is 112 Å². The summed E-state index contributed by atoms with van der Waals surface area (Å²) in [7, 11) is -4.67. The first-order valence-electron chi connectivity index (χ1n) is 7.52. The highest BCUT2D eigenvalue weighted by Crippen LogP contribution is 2.32. The molecule has 0 aromatic heterocycles. The zero-order valence-electron chi connectivity index (χ0n) is 15.0. The summed E-state index contributed by atoms with van der Waals surface area (Å²) in [4.78, 5) is 10.6. The van der Waals surface area contributed by atoms with Crippen molar-refractivity contribution in [3.63, 3.8) is 0 Å². The minimum Gasteiger partial charge on any atom is -0.481 e. The largest absolute Gasteiger partial charge is 0.481 e. The van der Waals surface area contributed by atoms with Crippen molar-refractivity contribution in [3.8, 4) is 0 Å². The van der Waals surface area contributed by atoms with E-state index in [1.807, 2.05) is 0 Å². The fraction of sp³-hybridized carbons (Fsp3) is 0.533. The summed E-state index contributed by atoms with van der Waals surface area (Å²) in [5, 5.41) is 8.66. The first-order chi connectivity index (χ1) is 11.3. The number of carboxylic acid groups (broad SMARTS) is 1. The Morgan fingerprint density at radius 3 is 2.16 bits per heavy atom. The summed E-state index contributed by atoms with van der Waals surface area (Å²) in [5.74, 6) is -0.991. The van der Waals surface area contributed by atoms with E-state index >= 15 is 0 Å². The SMILES string of the molecule is Cc1ccc(S(=O)(=O)N(C)CCCC(=O)O)c(C)c1N(C)S(C)(=O)=O. The van der Waals surface area contributed by atoms with E-state index in [9.17, 15) is 21.6 Å². The molecule has 10 heteroatoms. The summed E-state index contributed by atoms with van der Waals surface area (Å²) in [6.07, 6.45) is 1.10. The van der Waals surface area contributed by atoms with Crippen molar-refractivity contribution in [2.24, 2.45) is 0 Å². The average Bonchev–Trinajstić information content (AvgIpc) is 2.45. The molecule has 1 aromatic carbocycles. The smallest absolute Gasteiger partial charge is 0.303 e. The van der Waals surface area contributed by atoms with Crippen LogP contribution in [-0.2, 0) is 24.8 Å². The second-order valence-electron chi connectivity index (χ2n) is 5.91. The van der Waals surface area contributed by atoms with Gasteiger partial charge >= 0.3 is 5.97 Å². The van der Waals surface area contributed by atoms with Gasteiger partial charge in [-0.2, -0.15) is 0 Å². The predicted molar refractivity (Wildman–Crippen MR) is 95.8 cm³/mol. The van der Waals surface area contributed by atoms with E-state index in [0.717, 1.165) is 14.9 Å². The number of hydrogen-bond acceptors (Lipinski definition) is 5. The van der Waals surface area contributed by atoms with Crippen molar-refractivity contribution < 1.29 is 26.7 Å².